The molecule has 1 atom stereocenters. The molecule has 0 bridgehead atoms. The predicted octanol–water partition coefficient (Wildman–Crippen LogP) is 3.85. The highest BCUT2D eigenvalue weighted by Gasteiger charge is 2.27. The van der Waals surface area contributed by atoms with Gasteiger partial charge in [-0.25, -0.2) is 4.79 Å². The molecule has 4 heterocycles. The largest absolute Gasteiger partial charge is 0.484 e. The molecule has 3 aliphatic heterocycles. The summed E-state index contributed by atoms with van der Waals surface area (Å²) in [6.45, 7) is 2.13. The van der Waals surface area contributed by atoms with Crippen molar-refractivity contribution in [3.05, 3.63) is 88.7 Å². The van der Waals surface area contributed by atoms with Gasteiger partial charge in [-0.3, -0.25) is 9.36 Å². The Balaban J connectivity index is 1.25. The van der Waals surface area contributed by atoms with Gasteiger partial charge in [0.25, 0.3) is 5.91 Å². The van der Waals surface area contributed by atoms with Crippen molar-refractivity contribution in [1.82, 2.24) is 14.5 Å². The molecule has 38 heavy (non-hydrogen) atoms. The summed E-state index contributed by atoms with van der Waals surface area (Å²) >= 11 is 0. The van der Waals surface area contributed by atoms with Crippen LogP contribution in [0.5, 0.6) is 11.6 Å². The standard InChI is InChI=1S/C29H29N3O6/c33-27(31-11-4-5-12-31)19-37-22-8-9-23-21(16-22)10-13-32-24(23)17-26(30-29(32)34)38-28(20-6-2-1-3-7-20)25-18-35-14-15-36-25/h1-2,6,8-9,14-18,28H,3-5,7,10-13,19H2. The third-order valence-electron chi connectivity index (χ3n) is 7.17. The van der Waals surface area contributed by atoms with Crippen molar-refractivity contribution >= 4 is 5.91 Å². The minimum Gasteiger partial charge on any atom is -0.484 e. The van der Waals surface area contributed by atoms with Crippen LogP contribution < -0.4 is 15.2 Å². The zero-order chi connectivity index (χ0) is 25.9. The molecule has 1 aromatic heterocycles. The molecule has 9 heteroatoms. The molecular formula is C29H29N3O6. The molecule has 196 valence electrons. The fourth-order valence-corrected chi connectivity index (χ4v) is 5.21. The molecular weight excluding hydrogens is 486 g/mol. The Morgan fingerprint density at radius 1 is 1.11 bits per heavy atom. The van der Waals surface area contributed by atoms with E-state index < -0.39 is 6.10 Å². The number of benzene rings is 1. The van der Waals surface area contributed by atoms with Gasteiger partial charge in [0.2, 0.25) is 5.88 Å². The van der Waals surface area contributed by atoms with E-state index in [-0.39, 0.29) is 24.1 Å². The number of aryl methyl sites for hydroxylation is 1. The van der Waals surface area contributed by atoms with Gasteiger partial charge in [-0.1, -0.05) is 18.2 Å². The highest BCUT2D eigenvalue weighted by Crippen LogP contribution is 2.34. The number of ether oxygens (including phenoxy) is 4. The quantitative estimate of drug-likeness (QED) is 0.553. The SMILES string of the molecule is O=C(COc1ccc2c(c1)CCn1c-2cc(OC(C2=CC=CCC2)C2=COC=CO2)nc1=O)N1CCCC1. The van der Waals surface area contributed by atoms with E-state index in [4.69, 9.17) is 18.9 Å². The molecule has 1 amide bonds. The lowest BCUT2D eigenvalue weighted by atomic mass is 9.97. The van der Waals surface area contributed by atoms with Crippen LogP contribution in [-0.2, 0) is 27.2 Å². The van der Waals surface area contributed by atoms with Crippen LogP contribution in [-0.4, -0.2) is 46.2 Å². The zero-order valence-electron chi connectivity index (χ0n) is 21.0. The molecule has 0 radical (unpaired) electrons. The van der Waals surface area contributed by atoms with Crippen LogP contribution in [0.15, 0.2) is 77.4 Å². The van der Waals surface area contributed by atoms with Gasteiger partial charge in [-0.05, 0) is 61.4 Å². The van der Waals surface area contributed by atoms with Crippen molar-refractivity contribution in [3.63, 3.8) is 0 Å². The lowest BCUT2D eigenvalue weighted by Gasteiger charge is -2.26. The van der Waals surface area contributed by atoms with Gasteiger partial charge < -0.3 is 23.8 Å². The van der Waals surface area contributed by atoms with E-state index in [0.29, 0.717) is 24.5 Å². The van der Waals surface area contributed by atoms with E-state index in [2.05, 4.69) is 11.1 Å². The Kier molecular flexibility index (Phi) is 6.73. The van der Waals surface area contributed by atoms with E-state index in [1.807, 2.05) is 35.3 Å². The number of likely N-dealkylation sites (tertiary alicyclic amines) is 1. The maximum atomic E-state index is 13.0. The third-order valence-corrected chi connectivity index (χ3v) is 7.17. The topological polar surface area (TPSA) is 92.1 Å². The Hall–Kier alpha value is -4.27. The summed E-state index contributed by atoms with van der Waals surface area (Å²) in [5.41, 5.74) is 3.32. The van der Waals surface area contributed by atoms with Gasteiger partial charge >= 0.3 is 5.69 Å². The molecule has 1 unspecified atom stereocenters. The Morgan fingerprint density at radius 3 is 2.79 bits per heavy atom. The van der Waals surface area contributed by atoms with Gasteiger partial charge in [0.15, 0.2) is 18.5 Å². The second-order valence-electron chi connectivity index (χ2n) is 9.61. The smallest absolute Gasteiger partial charge is 0.351 e. The van der Waals surface area contributed by atoms with Crippen LogP contribution in [0.25, 0.3) is 11.3 Å². The number of nitrogens with zero attached hydrogens (tertiary/aromatic N) is 3. The fourth-order valence-electron chi connectivity index (χ4n) is 5.21. The van der Waals surface area contributed by atoms with E-state index in [1.54, 1.807) is 10.6 Å². The number of carbonyl (C=O) groups is 1. The molecule has 0 N–H and O–H groups in total. The first kappa shape index (κ1) is 24.1. The zero-order valence-corrected chi connectivity index (χ0v) is 21.0. The molecule has 2 aromatic rings. The molecule has 9 nitrogen and oxygen atoms in total. The highest BCUT2D eigenvalue weighted by atomic mass is 16.6. The Labute approximate surface area is 220 Å². The minimum atomic E-state index is -0.577. The predicted molar refractivity (Wildman–Crippen MR) is 139 cm³/mol. The lowest BCUT2D eigenvalue weighted by Crippen LogP contribution is -2.32. The summed E-state index contributed by atoms with van der Waals surface area (Å²) in [5, 5.41) is 0. The number of allylic oxidation sites excluding steroid dienone is 3. The number of rotatable bonds is 7. The van der Waals surface area contributed by atoms with Gasteiger partial charge in [0.05, 0.1) is 5.69 Å². The molecule has 1 aliphatic carbocycles. The minimum absolute atomic E-state index is 0.0149. The number of fused-ring (bicyclic) bond motifs is 3. The van der Waals surface area contributed by atoms with Gasteiger partial charge in [0, 0.05) is 31.3 Å². The first-order valence-electron chi connectivity index (χ1n) is 13.0. The number of carbonyl (C=O) groups excluding carboxylic acids is 1. The van der Waals surface area contributed by atoms with Crippen LogP contribution in [0, 0.1) is 0 Å². The van der Waals surface area contributed by atoms with Crippen LogP contribution in [0.2, 0.25) is 0 Å². The van der Waals surface area contributed by atoms with Crippen molar-refractivity contribution < 1.29 is 23.7 Å². The van der Waals surface area contributed by atoms with Crippen molar-refractivity contribution in [3.8, 4) is 22.9 Å². The summed E-state index contributed by atoms with van der Waals surface area (Å²) in [5.74, 6) is 1.36. The van der Waals surface area contributed by atoms with Gasteiger partial charge in [-0.2, -0.15) is 4.98 Å². The molecule has 0 saturated carbocycles. The van der Waals surface area contributed by atoms with Crippen LogP contribution in [0.1, 0.15) is 31.2 Å². The second kappa shape index (κ2) is 10.6. The normalized spacial score (nSPS) is 18.4. The summed E-state index contributed by atoms with van der Waals surface area (Å²) in [6, 6.07) is 7.51. The van der Waals surface area contributed by atoms with Gasteiger partial charge in [0.1, 0.15) is 24.5 Å². The number of hydrogen-bond donors (Lipinski definition) is 0. The van der Waals surface area contributed by atoms with Crippen molar-refractivity contribution in [2.75, 3.05) is 19.7 Å². The average molecular weight is 516 g/mol. The van der Waals surface area contributed by atoms with Crippen molar-refractivity contribution in [1.29, 1.82) is 0 Å². The van der Waals surface area contributed by atoms with Crippen LogP contribution in [0.4, 0.5) is 0 Å². The molecule has 1 aromatic carbocycles. The van der Waals surface area contributed by atoms with E-state index in [1.165, 1.54) is 18.8 Å². The highest BCUT2D eigenvalue weighted by molar-refractivity contribution is 5.78. The summed E-state index contributed by atoms with van der Waals surface area (Å²) < 4.78 is 24.8. The number of hydrogen-bond acceptors (Lipinski definition) is 7. The molecule has 6 rings (SSSR count). The van der Waals surface area contributed by atoms with Crippen molar-refractivity contribution in [2.45, 2.75) is 44.8 Å². The summed E-state index contributed by atoms with van der Waals surface area (Å²) in [6.07, 6.45) is 14.3. The summed E-state index contributed by atoms with van der Waals surface area (Å²) in [7, 11) is 0. The van der Waals surface area contributed by atoms with Crippen LogP contribution in [0.3, 0.4) is 0 Å². The Bertz CT molecular complexity index is 1410. The molecule has 1 saturated heterocycles. The van der Waals surface area contributed by atoms with E-state index >= 15 is 0 Å². The molecule has 0 spiro atoms. The Morgan fingerprint density at radius 2 is 2.00 bits per heavy atom. The van der Waals surface area contributed by atoms with Crippen LogP contribution >= 0.6 is 0 Å². The number of amides is 1. The van der Waals surface area contributed by atoms with E-state index in [9.17, 15) is 9.59 Å². The van der Waals surface area contributed by atoms with Gasteiger partial charge in [-0.15, -0.1) is 0 Å². The average Bonchev–Trinajstić information content (AvgIpc) is 3.51. The second-order valence-corrected chi connectivity index (χ2v) is 9.61. The maximum absolute atomic E-state index is 13.0. The third kappa shape index (κ3) is 4.96. The first-order valence-corrected chi connectivity index (χ1v) is 13.0. The van der Waals surface area contributed by atoms with E-state index in [0.717, 1.165) is 61.2 Å². The summed E-state index contributed by atoms with van der Waals surface area (Å²) in [4.78, 5) is 31.4. The molecule has 4 aliphatic rings. The first-order chi connectivity index (χ1) is 18.7. The van der Waals surface area contributed by atoms with Crippen molar-refractivity contribution in [2.24, 2.45) is 0 Å². The number of aromatic nitrogens is 2. The maximum Gasteiger partial charge on any atom is 0.351 e. The molecule has 1 fully saturated rings. The monoisotopic (exact) mass is 515 g/mol. The fraction of sp³-hybridized carbons (Fsp3) is 0.345. The lowest BCUT2D eigenvalue weighted by molar-refractivity contribution is -0.132.